The molecule has 5 N–H and O–H groups in total. The number of aliphatic carboxylic acids is 2. The van der Waals surface area contributed by atoms with Crippen LogP contribution in [-0.2, 0) is 16.0 Å². The Kier molecular flexibility index (Phi) is 15.8. The third-order valence-electron chi connectivity index (χ3n) is 5.93. The zero-order valence-corrected chi connectivity index (χ0v) is 20.4. The van der Waals surface area contributed by atoms with Crippen molar-refractivity contribution >= 4 is 22.8 Å². The molecule has 0 aliphatic heterocycles. The molecule has 1 atom stereocenters. The predicted molar refractivity (Wildman–Crippen MR) is 136 cm³/mol. The normalized spacial score (nSPS) is 11.7. The number of hydrogen-bond acceptors (Lipinski definition) is 3. The van der Waals surface area contributed by atoms with Crippen LogP contribution in [0.2, 0.25) is 0 Å². The number of carboxylic acid groups (broad SMARTS) is 2. The standard InChI is InChI=1S/C16H32O2.C11H12N2O2/c1-2-3-4-5-6-7-8-9-10-11-12-13-14-15-16(17)18;12-9(11(14)15)5-7-6-13-10-4-2-1-3-8(7)10/h2-15H2,1H3,(H,17,18);1-4,6,9,13H,5,12H2,(H,14,15). The van der Waals surface area contributed by atoms with Gasteiger partial charge < -0.3 is 20.9 Å². The molecule has 33 heavy (non-hydrogen) atoms. The number of benzene rings is 1. The van der Waals surface area contributed by atoms with E-state index in [0.29, 0.717) is 12.8 Å². The highest BCUT2D eigenvalue weighted by Crippen LogP contribution is 2.18. The van der Waals surface area contributed by atoms with Crippen molar-refractivity contribution in [3.05, 3.63) is 36.0 Å². The third-order valence-corrected chi connectivity index (χ3v) is 5.93. The fourth-order valence-electron chi connectivity index (χ4n) is 3.92. The van der Waals surface area contributed by atoms with Crippen molar-refractivity contribution in [3.63, 3.8) is 0 Å². The van der Waals surface area contributed by atoms with Gasteiger partial charge in [-0.25, -0.2) is 0 Å². The van der Waals surface area contributed by atoms with Gasteiger partial charge in [0.05, 0.1) is 0 Å². The van der Waals surface area contributed by atoms with Crippen LogP contribution in [-0.4, -0.2) is 33.2 Å². The number of nitrogens with two attached hydrogens (primary N) is 1. The number of H-pyrrole nitrogens is 1. The maximum atomic E-state index is 10.6. The number of nitrogens with one attached hydrogen (secondary N) is 1. The van der Waals surface area contributed by atoms with Crippen molar-refractivity contribution < 1.29 is 19.8 Å². The summed E-state index contributed by atoms with van der Waals surface area (Å²) in [5.74, 6) is -1.63. The maximum Gasteiger partial charge on any atom is 0.320 e. The highest BCUT2D eigenvalue weighted by atomic mass is 16.4. The minimum atomic E-state index is -0.972. The number of unbranched alkanes of at least 4 members (excludes halogenated alkanes) is 12. The molecule has 0 spiro atoms. The predicted octanol–water partition coefficient (Wildman–Crippen LogP) is 6.67. The molecule has 1 aromatic carbocycles. The molecule has 0 bridgehead atoms. The van der Waals surface area contributed by atoms with Gasteiger partial charge in [0.1, 0.15) is 6.04 Å². The summed E-state index contributed by atoms with van der Waals surface area (Å²) in [5, 5.41) is 18.2. The molecular weight excluding hydrogens is 416 g/mol. The number of hydrogen-bond donors (Lipinski definition) is 4. The van der Waals surface area contributed by atoms with E-state index in [1.807, 2.05) is 30.5 Å². The van der Waals surface area contributed by atoms with Crippen molar-refractivity contribution in [3.8, 4) is 0 Å². The lowest BCUT2D eigenvalue weighted by Crippen LogP contribution is -2.32. The second kappa shape index (κ2) is 18.1. The van der Waals surface area contributed by atoms with Gasteiger partial charge in [0.15, 0.2) is 0 Å². The van der Waals surface area contributed by atoms with Gasteiger partial charge in [-0.05, 0) is 18.1 Å². The monoisotopic (exact) mass is 460 g/mol. The van der Waals surface area contributed by atoms with Gasteiger partial charge in [0, 0.05) is 29.9 Å². The minimum Gasteiger partial charge on any atom is -0.481 e. The Hall–Kier alpha value is -2.34. The fourth-order valence-corrected chi connectivity index (χ4v) is 3.92. The summed E-state index contributed by atoms with van der Waals surface area (Å²) in [6.07, 6.45) is 19.4. The highest BCUT2D eigenvalue weighted by molar-refractivity contribution is 5.84. The number of carboxylic acids is 2. The number of carbonyl (C=O) groups is 2. The van der Waals surface area contributed by atoms with E-state index in [0.717, 1.165) is 29.3 Å². The SMILES string of the molecule is CCCCCCCCCCCCCCCC(=O)O.NC(Cc1c[nH]c2ccccc12)C(=O)O. The first-order chi connectivity index (χ1) is 16.0. The van der Waals surface area contributed by atoms with E-state index >= 15 is 0 Å². The third kappa shape index (κ3) is 13.7. The Morgan fingerprint density at radius 2 is 1.36 bits per heavy atom. The molecule has 1 aromatic heterocycles. The molecule has 2 rings (SSSR count). The van der Waals surface area contributed by atoms with Crippen molar-refractivity contribution in [1.82, 2.24) is 4.98 Å². The molecule has 0 amide bonds. The molecule has 0 fully saturated rings. The molecule has 1 unspecified atom stereocenters. The average Bonchev–Trinajstić information content (AvgIpc) is 3.20. The fraction of sp³-hybridized carbons (Fsp3) is 0.630. The Balaban J connectivity index is 0.000000334. The summed E-state index contributed by atoms with van der Waals surface area (Å²) in [6, 6.07) is 6.91. The van der Waals surface area contributed by atoms with Gasteiger partial charge in [-0.3, -0.25) is 9.59 Å². The summed E-state index contributed by atoms with van der Waals surface area (Å²) in [4.78, 5) is 24.0. The van der Waals surface area contributed by atoms with Gasteiger partial charge >= 0.3 is 11.9 Å². The van der Waals surface area contributed by atoms with Crippen LogP contribution in [0.5, 0.6) is 0 Å². The van der Waals surface area contributed by atoms with E-state index in [4.69, 9.17) is 15.9 Å². The molecule has 0 aliphatic carbocycles. The first-order valence-electron chi connectivity index (χ1n) is 12.7. The van der Waals surface area contributed by atoms with Crippen LogP contribution in [0.3, 0.4) is 0 Å². The summed E-state index contributed by atoms with van der Waals surface area (Å²) in [7, 11) is 0. The summed E-state index contributed by atoms with van der Waals surface area (Å²) in [6.45, 7) is 2.26. The van der Waals surface area contributed by atoms with Gasteiger partial charge in [0.25, 0.3) is 0 Å². The first kappa shape index (κ1) is 28.7. The largest absolute Gasteiger partial charge is 0.481 e. The smallest absolute Gasteiger partial charge is 0.320 e. The molecule has 0 saturated carbocycles. The van der Waals surface area contributed by atoms with Crippen molar-refractivity contribution in [2.45, 2.75) is 109 Å². The van der Waals surface area contributed by atoms with Crippen molar-refractivity contribution in [2.75, 3.05) is 0 Å². The Labute approximate surface area is 199 Å². The number of fused-ring (bicyclic) bond motifs is 1. The number of aromatic nitrogens is 1. The molecular formula is C27H44N2O4. The van der Waals surface area contributed by atoms with Crippen LogP contribution in [0.25, 0.3) is 10.9 Å². The first-order valence-corrected chi connectivity index (χ1v) is 12.7. The lowest BCUT2D eigenvalue weighted by atomic mass is 10.0. The van der Waals surface area contributed by atoms with Crippen LogP contribution >= 0.6 is 0 Å². The lowest BCUT2D eigenvalue weighted by Gasteiger charge is -2.04. The summed E-state index contributed by atoms with van der Waals surface area (Å²) < 4.78 is 0. The quantitative estimate of drug-likeness (QED) is 0.197. The van der Waals surface area contributed by atoms with Crippen LogP contribution in [0, 0.1) is 0 Å². The van der Waals surface area contributed by atoms with E-state index in [2.05, 4.69) is 11.9 Å². The highest BCUT2D eigenvalue weighted by Gasteiger charge is 2.14. The van der Waals surface area contributed by atoms with Gasteiger partial charge in [0.2, 0.25) is 0 Å². The van der Waals surface area contributed by atoms with Crippen molar-refractivity contribution in [2.24, 2.45) is 5.73 Å². The Morgan fingerprint density at radius 3 is 1.88 bits per heavy atom. The van der Waals surface area contributed by atoms with E-state index in [-0.39, 0.29) is 0 Å². The molecule has 1 heterocycles. The number of aromatic amines is 1. The van der Waals surface area contributed by atoms with E-state index in [9.17, 15) is 9.59 Å². The lowest BCUT2D eigenvalue weighted by molar-refractivity contribution is -0.139. The zero-order valence-electron chi connectivity index (χ0n) is 20.4. The molecule has 0 aliphatic rings. The van der Waals surface area contributed by atoms with Crippen molar-refractivity contribution in [1.29, 1.82) is 0 Å². The van der Waals surface area contributed by atoms with E-state index < -0.39 is 18.0 Å². The molecule has 6 nitrogen and oxygen atoms in total. The molecule has 6 heteroatoms. The van der Waals surface area contributed by atoms with Gasteiger partial charge in [-0.15, -0.1) is 0 Å². The van der Waals surface area contributed by atoms with Crippen LogP contribution in [0.4, 0.5) is 0 Å². The topological polar surface area (TPSA) is 116 Å². The maximum absolute atomic E-state index is 10.6. The number of para-hydroxylation sites is 1. The molecule has 186 valence electrons. The van der Waals surface area contributed by atoms with Crippen LogP contribution in [0.1, 0.15) is 102 Å². The molecule has 0 saturated heterocycles. The summed E-state index contributed by atoms with van der Waals surface area (Å²) >= 11 is 0. The van der Waals surface area contributed by atoms with Gasteiger partial charge in [-0.2, -0.15) is 0 Å². The Bertz CT molecular complexity index is 787. The molecule has 0 radical (unpaired) electrons. The second-order valence-electron chi connectivity index (χ2n) is 8.89. The van der Waals surface area contributed by atoms with E-state index in [1.165, 1.54) is 70.6 Å². The minimum absolute atomic E-state index is 0.345. The zero-order chi connectivity index (χ0) is 24.3. The molecule has 2 aromatic rings. The summed E-state index contributed by atoms with van der Waals surface area (Å²) in [5.41, 5.74) is 7.43. The second-order valence-corrected chi connectivity index (χ2v) is 8.89. The van der Waals surface area contributed by atoms with E-state index in [1.54, 1.807) is 0 Å². The van der Waals surface area contributed by atoms with Crippen LogP contribution < -0.4 is 5.73 Å². The average molecular weight is 461 g/mol. The Morgan fingerprint density at radius 1 is 0.848 bits per heavy atom. The van der Waals surface area contributed by atoms with Crippen LogP contribution in [0.15, 0.2) is 30.5 Å². The number of rotatable bonds is 17. The van der Waals surface area contributed by atoms with Gasteiger partial charge in [-0.1, -0.05) is 102 Å².